The number of rotatable bonds is 3. The van der Waals surface area contributed by atoms with Gasteiger partial charge in [-0.15, -0.1) is 0 Å². The van der Waals surface area contributed by atoms with Gasteiger partial charge in [0.15, 0.2) is 12.0 Å². The Kier molecular flexibility index (Phi) is 3.24. The highest BCUT2D eigenvalue weighted by molar-refractivity contribution is 6.33. The van der Waals surface area contributed by atoms with Crippen molar-refractivity contribution >= 4 is 28.9 Å². The number of hydrogen-bond acceptors (Lipinski definition) is 3. The summed E-state index contributed by atoms with van der Waals surface area (Å²) in [5, 5.41) is 0.593. The highest BCUT2D eigenvalue weighted by atomic mass is 35.5. The van der Waals surface area contributed by atoms with Gasteiger partial charge in [-0.25, -0.2) is 4.98 Å². The third kappa shape index (κ3) is 2.43. The van der Waals surface area contributed by atoms with E-state index in [-0.39, 0.29) is 0 Å². The Morgan fingerprint density at radius 3 is 2.74 bits per heavy atom. The van der Waals surface area contributed by atoms with Crippen LogP contribution in [-0.4, -0.2) is 16.3 Å². The van der Waals surface area contributed by atoms with Gasteiger partial charge in [-0.3, -0.25) is 4.79 Å². The lowest BCUT2D eigenvalue weighted by molar-refractivity contribution is 0.110. The molecule has 0 unspecified atom stereocenters. The molecule has 0 saturated heterocycles. The molecule has 0 saturated carbocycles. The summed E-state index contributed by atoms with van der Waals surface area (Å²) in [6.45, 7) is 0. The summed E-state index contributed by atoms with van der Waals surface area (Å²) in [4.78, 5) is 18.6. The molecular weight excluding hydrogens is 312 g/mol. The minimum Gasteiger partial charge on any atom is -0.453 e. The van der Waals surface area contributed by atoms with E-state index in [1.165, 1.54) is 0 Å². The molecule has 0 radical (unpaired) electrons. The molecule has 0 aliphatic heterocycles. The molecule has 4 nitrogen and oxygen atoms in total. The lowest BCUT2D eigenvalue weighted by atomic mass is 10.1. The lowest BCUT2D eigenvalue weighted by Gasteiger charge is -2.04. The van der Waals surface area contributed by atoms with E-state index in [0.29, 0.717) is 28.7 Å². The Hall–Kier alpha value is -2.85. The molecule has 23 heavy (non-hydrogen) atoms. The van der Waals surface area contributed by atoms with Gasteiger partial charge in [0.05, 0.1) is 16.1 Å². The molecular formula is C18H11ClN2O2. The minimum absolute atomic E-state index is 0.292. The van der Waals surface area contributed by atoms with Gasteiger partial charge < -0.3 is 9.40 Å². The quantitative estimate of drug-likeness (QED) is 0.542. The number of aromatic amines is 1. The molecule has 0 atom stereocenters. The van der Waals surface area contributed by atoms with Gasteiger partial charge in [-0.05, 0) is 42.5 Å². The molecule has 5 heteroatoms. The van der Waals surface area contributed by atoms with E-state index >= 15 is 0 Å². The van der Waals surface area contributed by atoms with E-state index in [4.69, 9.17) is 16.0 Å². The van der Waals surface area contributed by atoms with Crippen LogP contribution >= 0.6 is 11.6 Å². The third-order valence-electron chi connectivity index (χ3n) is 3.64. The molecule has 4 aromatic rings. The maximum absolute atomic E-state index is 10.8. The molecule has 2 heterocycles. The van der Waals surface area contributed by atoms with E-state index in [1.54, 1.807) is 18.2 Å². The first kappa shape index (κ1) is 13.8. The number of H-pyrrole nitrogens is 1. The summed E-state index contributed by atoms with van der Waals surface area (Å²) >= 11 is 6.33. The first-order valence-corrected chi connectivity index (χ1v) is 7.42. The van der Waals surface area contributed by atoms with Crippen LogP contribution in [0.4, 0.5) is 0 Å². The number of furan rings is 1. The van der Waals surface area contributed by atoms with Gasteiger partial charge in [0.25, 0.3) is 0 Å². The van der Waals surface area contributed by atoms with Gasteiger partial charge in [-0.1, -0.05) is 23.7 Å². The van der Waals surface area contributed by atoms with E-state index < -0.39 is 0 Å². The number of fused-ring (bicyclic) bond motifs is 1. The number of aromatic nitrogens is 2. The zero-order valence-electron chi connectivity index (χ0n) is 11.9. The zero-order valence-corrected chi connectivity index (χ0v) is 12.7. The van der Waals surface area contributed by atoms with Crippen molar-refractivity contribution < 1.29 is 9.21 Å². The molecule has 2 aromatic carbocycles. The standard InChI is InChI=1S/C18H11ClN2O2/c19-14-7-5-11(17-8-6-12(10-22)23-17)9-13(14)18-20-15-3-1-2-4-16(15)21-18/h1-10H,(H,20,21). The van der Waals surface area contributed by atoms with Crippen LogP contribution in [-0.2, 0) is 0 Å². The van der Waals surface area contributed by atoms with E-state index in [9.17, 15) is 4.79 Å². The van der Waals surface area contributed by atoms with Crippen molar-refractivity contribution in [2.24, 2.45) is 0 Å². The third-order valence-corrected chi connectivity index (χ3v) is 3.97. The van der Waals surface area contributed by atoms with Crippen molar-refractivity contribution in [2.45, 2.75) is 0 Å². The molecule has 0 amide bonds. The van der Waals surface area contributed by atoms with E-state index in [1.807, 2.05) is 36.4 Å². The van der Waals surface area contributed by atoms with Crippen LogP contribution in [0, 0.1) is 0 Å². The number of hydrogen-bond donors (Lipinski definition) is 1. The van der Waals surface area contributed by atoms with Crippen LogP contribution in [0.3, 0.4) is 0 Å². The maximum atomic E-state index is 10.8. The van der Waals surface area contributed by atoms with E-state index in [0.717, 1.165) is 22.2 Å². The minimum atomic E-state index is 0.292. The number of carbonyl (C=O) groups excluding carboxylic acids is 1. The number of imidazole rings is 1. The van der Waals surface area contributed by atoms with Gasteiger partial charge in [0.1, 0.15) is 11.6 Å². The summed E-state index contributed by atoms with van der Waals surface area (Å²) in [6.07, 6.45) is 0.680. The van der Waals surface area contributed by atoms with Crippen LogP contribution < -0.4 is 0 Å². The molecule has 4 rings (SSSR count). The average Bonchev–Trinajstić information content (AvgIpc) is 3.21. The Bertz CT molecular complexity index is 984. The van der Waals surface area contributed by atoms with Crippen molar-refractivity contribution in [3.8, 4) is 22.7 Å². The smallest absolute Gasteiger partial charge is 0.185 e. The SMILES string of the molecule is O=Cc1ccc(-c2ccc(Cl)c(-c3nc4ccccc4[nH]3)c2)o1. The summed E-state index contributed by atoms with van der Waals surface area (Å²) in [7, 11) is 0. The van der Waals surface area contributed by atoms with Gasteiger partial charge >= 0.3 is 0 Å². The lowest BCUT2D eigenvalue weighted by Crippen LogP contribution is -1.84. The number of benzene rings is 2. The fourth-order valence-corrected chi connectivity index (χ4v) is 2.72. The summed E-state index contributed by atoms with van der Waals surface area (Å²) < 4.78 is 5.47. The fraction of sp³-hybridized carbons (Fsp3) is 0. The fourth-order valence-electron chi connectivity index (χ4n) is 2.51. The highest BCUT2D eigenvalue weighted by Gasteiger charge is 2.12. The summed E-state index contributed by atoms with van der Waals surface area (Å²) in [6, 6.07) is 16.7. The molecule has 112 valence electrons. The number of halogens is 1. The Morgan fingerprint density at radius 2 is 1.96 bits per heavy atom. The number of carbonyl (C=O) groups is 1. The summed E-state index contributed by atoms with van der Waals surface area (Å²) in [5.74, 6) is 1.60. The second kappa shape index (κ2) is 5.41. The number of para-hydroxylation sites is 2. The van der Waals surface area contributed by atoms with Crippen LogP contribution in [0.15, 0.2) is 59.0 Å². The van der Waals surface area contributed by atoms with Crippen LogP contribution in [0.2, 0.25) is 5.02 Å². The maximum Gasteiger partial charge on any atom is 0.185 e. The van der Waals surface area contributed by atoms with Gasteiger partial charge in [0.2, 0.25) is 0 Å². The highest BCUT2D eigenvalue weighted by Crippen LogP contribution is 2.32. The molecule has 0 spiro atoms. The van der Waals surface area contributed by atoms with Gasteiger partial charge in [-0.2, -0.15) is 0 Å². The normalized spacial score (nSPS) is 11.0. The topological polar surface area (TPSA) is 58.9 Å². The van der Waals surface area contributed by atoms with Crippen LogP contribution in [0.25, 0.3) is 33.7 Å². The van der Waals surface area contributed by atoms with Crippen molar-refractivity contribution in [3.63, 3.8) is 0 Å². The first-order chi connectivity index (χ1) is 11.2. The molecule has 0 bridgehead atoms. The predicted molar refractivity (Wildman–Crippen MR) is 89.6 cm³/mol. The summed E-state index contributed by atoms with van der Waals surface area (Å²) in [5.41, 5.74) is 3.44. The molecule has 0 fully saturated rings. The molecule has 2 aromatic heterocycles. The van der Waals surface area contributed by atoms with Crippen molar-refractivity contribution in [1.29, 1.82) is 0 Å². The number of nitrogens with one attached hydrogen (secondary N) is 1. The van der Waals surface area contributed by atoms with Gasteiger partial charge in [0, 0.05) is 11.1 Å². The molecule has 0 aliphatic rings. The monoisotopic (exact) mass is 322 g/mol. The first-order valence-electron chi connectivity index (χ1n) is 7.04. The van der Waals surface area contributed by atoms with Crippen molar-refractivity contribution in [2.75, 3.05) is 0 Å². The Balaban J connectivity index is 1.84. The Morgan fingerprint density at radius 1 is 1.09 bits per heavy atom. The van der Waals surface area contributed by atoms with E-state index in [2.05, 4.69) is 9.97 Å². The molecule has 1 N–H and O–H groups in total. The van der Waals surface area contributed by atoms with Crippen LogP contribution in [0.5, 0.6) is 0 Å². The van der Waals surface area contributed by atoms with Crippen molar-refractivity contribution in [1.82, 2.24) is 9.97 Å². The zero-order chi connectivity index (χ0) is 15.8. The Labute approximate surface area is 136 Å². The molecule has 0 aliphatic carbocycles. The second-order valence-corrected chi connectivity index (χ2v) is 5.52. The average molecular weight is 323 g/mol. The second-order valence-electron chi connectivity index (χ2n) is 5.12. The number of aldehydes is 1. The number of nitrogens with zero attached hydrogens (tertiary/aromatic N) is 1. The largest absolute Gasteiger partial charge is 0.453 e. The predicted octanol–water partition coefficient (Wildman–Crippen LogP) is 4.96. The van der Waals surface area contributed by atoms with Crippen molar-refractivity contribution in [3.05, 3.63) is 65.4 Å². The van der Waals surface area contributed by atoms with Crippen LogP contribution in [0.1, 0.15) is 10.6 Å².